The van der Waals surface area contributed by atoms with E-state index in [2.05, 4.69) is 21.9 Å². The van der Waals surface area contributed by atoms with Gasteiger partial charge in [-0.3, -0.25) is 0 Å². The minimum atomic E-state index is -0.143. The van der Waals surface area contributed by atoms with Crippen LogP contribution in [0.2, 0.25) is 0 Å². The Hall–Kier alpha value is -1.23. The molecule has 0 fully saturated rings. The second kappa shape index (κ2) is 5.40. The number of anilines is 1. The second-order valence-corrected chi connectivity index (χ2v) is 5.14. The van der Waals surface area contributed by atoms with E-state index in [1.165, 1.54) is 0 Å². The van der Waals surface area contributed by atoms with Crippen LogP contribution in [0.3, 0.4) is 0 Å². The van der Waals surface area contributed by atoms with Crippen LogP contribution in [-0.2, 0) is 10.2 Å². The van der Waals surface area contributed by atoms with Crippen LogP contribution >= 0.6 is 0 Å². The highest BCUT2D eigenvalue weighted by molar-refractivity contribution is 5.19. The van der Waals surface area contributed by atoms with E-state index in [0.717, 1.165) is 12.8 Å². The largest absolute Gasteiger partial charge is 0.373 e. The zero-order valence-electron chi connectivity index (χ0n) is 11.3. The molecule has 1 aromatic rings. The van der Waals surface area contributed by atoms with Crippen molar-refractivity contribution in [3.63, 3.8) is 0 Å². The van der Waals surface area contributed by atoms with Crippen LogP contribution in [0.1, 0.15) is 58.3 Å². The molecule has 0 radical (unpaired) electrons. The lowest BCUT2D eigenvalue weighted by molar-refractivity contribution is 0.0871. The molecule has 1 unspecified atom stereocenters. The SMILES string of the molecule is CCCC(OC)c1nc(N)nc(C(C)(C)C)n1. The Morgan fingerprint density at radius 3 is 2.35 bits per heavy atom. The molecule has 5 nitrogen and oxygen atoms in total. The Bertz CT molecular complexity index is 373. The maximum Gasteiger partial charge on any atom is 0.223 e. The molecule has 0 amide bonds. The maximum atomic E-state index is 5.73. The smallest absolute Gasteiger partial charge is 0.223 e. The van der Waals surface area contributed by atoms with Gasteiger partial charge in [0.15, 0.2) is 5.82 Å². The summed E-state index contributed by atoms with van der Waals surface area (Å²) in [6.07, 6.45) is 1.78. The van der Waals surface area contributed by atoms with E-state index in [4.69, 9.17) is 10.5 Å². The molecule has 0 aromatic carbocycles. The average molecular weight is 238 g/mol. The zero-order chi connectivity index (χ0) is 13.1. The zero-order valence-corrected chi connectivity index (χ0v) is 11.3. The van der Waals surface area contributed by atoms with E-state index < -0.39 is 0 Å². The van der Waals surface area contributed by atoms with Gasteiger partial charge in [0.2, 0.25) is 5.95 Å². The van der Waals surface area contributed by atoms with Crippen molar-refractivity contribution < 1.29 is 4.74 Å². The number of rotatable bonds is 4. The van der Waals surface area contributed by atoms with E-state index in [0.29, 0.717) is 11.6 Å². The minimum Gasteiger partial charge on any atom is -0.373 e. The number of methoxy groups -OCH3 is 1. The van der Waals surface area contributed by atoms with E-state index in [9.17, 15) is 0 Å². The molecule has 0 saturated heterocycles. The summed E-state index contributed by atoms with van der Waals surface area (Å²) in [5.74, 6) is 1.60. The van der Waals surface area contributed by atoms with Crippen LogP contribution in [-0.4, -0.2) is 22.1 Å². The first-order chi connectivity index (χ1) is 7.88. The van der Waals surface area contributed by atoms with E-state index in [1.54, 1.807) is 7.11 Å². The first-order valence-corrected chi connectivity index (χ1v) is 5.93. The van der Waals surface area contributed by atoms with Gasteiger partial charge < -0.3 is 10.5 Å². The predicted octanol–water partition coefficient (Wildman–Crippen LogP) is 2.24. The lowest BCUT2D eigenvalue weighted by Crippen LogP contribution is -2.21. The Kier molecular flexibility index (Phi) is 4.40. The molecule has 1 rings (SSSR count). The van der Waals surface area contributed by atoms with Crippen molar-refractivity contribution in [2.24, 2.45) is 0 Å². The van der Waals surface area contributed by atoms with Gasteiger partial charge in [0.25, 0.3) is 0 Å². The topological polar surface area (TPSA) is 73.9 Å². The first-order valence-electron chi connectivity index (χ1n) is 5.93. The van der Waals surface area contributed by atoms with Gasteiger partial charge in [-0.05, 0) is 6.42 Å². The molecule has 1 heterocycles. The molecule has 0 spiro atoms. The molecule has 5 heteroatoms. The van der Waals surface area contributed by atoms with Crippen molar-refractivity contribution >= 4 is 5.95 Å². The Morgan fingerprint density at radius 2 is 1.88 bits per heavy atom. The third-order valence-electron chi connectivity index (χ3n) is 2.46. The van der Waals surface area contributed by atoms with Crippen molar-refractivity contribution in [2.45, 2.75) is 52.1 Å². The fourth-order valence-electron chi connectivity index (χ4n) is 1.50. The van der Waals surface area contributed by atoms with Gasteiger partial charge >= 0.3 is 0 Å². The van der Waals surface area contributed by atoms with E-state index in [-0.39, 0.29) is 17.5 Å². The van der Waals surface area contributed by atoms with Gasteiger partial charge in [-0.15, -0.1) is 0 Å². The Balaban J connectivity index is 3.12. The fourth-order valence-corrected chi connectivity index (χ4v) is 1.50. The van der Waals surface area contributed by atoms with Crippen LogP contribution < -0.4 is 5.73 Å². The molecule has 0 aliphatic heterocycles. The summed E-state index contributed by atoms with van der Waals surface area (Å²) in [6.45, 7) is 8.24. The van der Waals surface area contributed by atoms with Gasteiger partial charge in [0.1, 0.15) is 11.9 Å². The molecule has 1 atom stereocenters. The number of nitrogens with two attached hydrogens (primary N) is 1. The molecule has 0 aliphatic carbocycles. The van der Waals surface area contributed by atoms with Gasteiger partial charge in [-0.1, -0.05) is 34.1 Å². The summed E-state index contributed by atoms with van der Waals surface area (Å²) in [7, 11) is 1.66. The number of nitrogens with zero attached hydrogens (tertiary/aromatic N) is 3. The lowest BCUT2D eigenvalue weighted by atomic mass is 9.96. The molecule has 2 N–H and O–H groups in total. The monoisotopic (exact) mass is 238 g/mol. The summed E-state index contributed by atoms with van der Waals surface area (Å²) in [4.78, 5) is 12.8. The quantitative estimate of drug-likeness (QED) is 0.870. The number of nitrogen functional groups attached to an aromatic ring is 1. The highest BCUT2D eigenvalue weighted by Crippen LogP contribution is 2.23. The summed E-state index contributed by atoms with van der Waals surface area (Å²) >= 11 is 0. The number of aromatic nitrogens is 3. The highest BCUT2D eigenvalue weighted by Gasteiger charge is 2.22. The number of ether oxygens (including phenoxy) is 1. The highest BCUT2D eigenvalue weighted by atomic mass is 16.5. The molecular weight excluding hydrogens is 216 g/mol. The van der Waals surface area contributed by atoms with Crippen molar-refractivity contribution in [3.05, 3.63) is 11.6 Å². The van der Waals surface area contributed by atoms with E-state index in [1.807, 2.05) is 20.8 Å². The summed E-state index contributed by atoms with van der Waals surface area (Å²) in [6, 6.07) is 0. The number of hydrogen-bond acceptors (Lipinski definition) is 5. The van der Waals surface area contributed by atoms with Crippen LogP contribution in [0.5, 0.6) is 0 Å². The molecule has 96 valence electrons. The summed E-state index contributed by atoms with van der Waals surface area (Å²) in [5.41, 5.74) is 5.58. The first kappa shape index (κ1) is 13.8. The Labute approximate surface area is 103 Å². The standard InChI is InChI=1S/C12H22N4O/c1-6-7-8(17-5)9-14-10(12(2,3)4)16-11(13)15-9/h8H,6-7H2,1-5H3,(H2,13,14,15,16). The molecule has 0 saturated carbocycles. The van der Waals surface area contributed by atoms with Crippen LogP contribution in [0.4, 0.5) is 5.95 Å². The lowest BCUT2D eigenvalue weighted by Gasteiger charge is -2.19. The third-order valence-corrected chi connectivity index (χ3v) is 2.46. The van der Waals surface area contributed by atoms with Gasteiger partial charge in [-0.2, -0.15) is 9.97 Å². The average Bonchev–Trinajstić information content (AvgIpc) is 2.23. The van der Waals surface area contributed by atoms with Crippen LogP contribution in [0.15, 0.2) is 0 Å². The van der Waals surface area contributed by atoms with E-state index >= 15 is 0 Å². The maximum absolute atomic E-state index is 5.73. The molecule has 0 aliphatic rings. The summed E-state index contributed by atoms with van der Waals surface area (Å²) < 4.78 is 5.39. The second-order valence-electron chi connectivity index (χ2n) is 5.14. The molecule has 17 heavy (non-hydrogen) atoms. The third kappa shape index (κ3) is 3.63. The molecular formula is C12H22N4O. The predicted molar refractivity (Wildman–Crippen MR) is 67.6 cm³/mol. The van der Waals surface area contributed by atoms with Crippen LogP contribution in [0, 0.1) is 0 Å². The molecule has 0 bridgehead atoms. The summed E-state index contributed by atoms with van der Waals surface area (Å²) in [5, 5.41) is 0. The number of hydrogen-bond donors (Lipinski definition) is 1. The van der Waals surface area contributed by atoms with Crippen LogP contribution in [0.25, 0.3) is 0 Å². The van der Waals surface area contributed by atoms with Crippen molar-refractivity contribution in [1.29, 1.82) is 0 Å². The Morgan fingerprint density at radius 1 is 1.24 bits per heavy atom. The van der Waals surface area contributed by atoms with Crippen molar-refractivity contribution in [3.8, 4) is 0 Å². The fraction of sp³-hybridized carbons (Fsp3) is 0.750. The van der Waals surface area contributed by atoms with Gasteiger partial charge in [0, 0.05) is 12.5 Å². The van der Waals surface area contributed by atoms with Gasteiger partial charge in [-0.25, -0.2) is 4.98 Å². The molecule has 1 aromatic heterocycles. The minimum absolute atomic E-state index is 0.105. The normalized spacial score (nSPS) is 13.7. The van der Waals surface area contributed by atoms with Gasteiger partial charge in [0.05, 0.1) is 0 Å². The van der Waals surface area contributed by atoms with Crippen molar-refractivity contribution in [2.75, 3.05) is 12.8 Å². The van der Waals surface area contributed by atoms with Crippen molar-refractivity contribution in [1.82, 2.24) is 15.0 Å².